The maximum atomic E-state index is 5.96. The molecule has 0 atom stereocenters. The number of hydrogen-bond acceptors (Lipinski definition) is 5. The highest BCUT2D eigenvalue weighted by Crippen LogP contribution is 2.34. The Labute approximate surface area is 118 Å². The van der Waals surface area contributed by atoms with Gasteiger partial charge in [0.25, 0.3) is 0 Å². The van der Waals surface area contributed by atoms with Gasteiger partial charge >= 0.3 is 0 Å². The highest BCUT2D eigenvalue weighted by atomic mass is 16.3. The quantitative estimate of drug-likeness (QED) is 0.434. The molecule has 6 heteroatoms. The van der Waals surface area contributed by atoms with E-state index in [4.69, 9.17) is 4.42 Å². The van der Waals surface area contributed by atoms with Crippen LogP contribution < -0.4 is 0 Å². The molecule has 0 aliphatic heterocycles. The van der Waals surface area contributed by atoms with Crippen LogP contribution in [0.2, 0.25) is 0 Å². The third kappa shape index (κ3) is 1.26. The van der Waals surface area contributed by atoms with Gasteiger partial charge in [0.1, 0.15) is 16.9 Å². The minimum Gasteiger partial charge on any atom is -0.450 e. The monoisotopic (exact) mass is 275 g/mol. The summed E-state index contributed by atoms with van der Waals surface area (Å²) in [7, 11) is 0. The van der Waals surface area contributed by atoms with Gasteiger partial charge in [-0.1, -0.05) is 30.3 Å². The largest absolute Gasteiger partial charge is 0.450 e. The molecule has 3 aromatic heterocycles. The van der Waals surface area contributed by atoms with Crippen molar-refractivity contribution in [3.8, 4) is 0 Å². The second-order valence-corrected chi connectivity index (χ2v) is 5.01. The fraction of sp³-hybridized carbons (Fsp3) is 0.0667. The first-order valence-corrected chi connectivity index (χ1v) is 6.61. The molecule has 0 N–H and O–H groups in total. The first-order chi connectivity index (χ1) is 10.3. The molecule has 0 radical (unpaired) electrons. The number of aryl methyl sites for hydroxylation is 1. The van der Waals surface area contributed by atoms with Gasteiger partial charge < -0.3 is 4.42 Å². The van der Waals surface area contributed by atoms with Crippen LogP contribution in [0.1, 0.15) is 5.82 Å². The van der Waals surface area contributed by atoms with E-state index in [-0.39, 0.29) is 0 Å². The normalized spacial score (nSPS) is 12.0. The molecular formula is C15H9N5O. The average Bonchev–Trinajstić information content (AvgIpc) is 3.11. The van der Waals surface area contributed by atoms with Crippen molar-refractivity contribution in [2.75, 3.05) is 0 Å². The summed E-state index contributed by atoms with van der Waals surface area (Å²) in [5, 5.41) is 15.0. The lowest BCUT2D eigenvalue weighted by Gasteiger charge is -1.99. The molecule has 0 spiro atoms. The van der Waals surface area contributed by atoms with Crippen LogP contribution in [-0.4, -0.2) is 25.0 Å². The first kappa shape index (κ1) is 10.7. The molecule has 0 bridgehead atoms. The summed E-state index contributed by atoms with van der Waals surface area (Å²) >= 11 is 0. The standard InChI is InChI=1S/C15H9N5O/c1-8-16-13-12-10-5-3-2-4-9(10)6-7-11(12)21-14(13)15-17-18-19-20(8)15/h2-7H,1H3. The molecule has 0 fully saturated rings. The fourth-order valence-electron chi connectivity index (χ4n) is 2.87. The van der Waals surface area contributed by atoms with E-state index >= 15 is 0 Å². The number of rotatable bonds is 0. The number of fused-ring (bicyclic) bond motifs is 7. The van der Waals surface area contributed by atoms with Gasteiger partial charge in [0.15, 0.2) is 0 Å². The number of tetrazole rings is 1. The SMILES string of the molecule is Cc1nc2c(oc3ccc4ccccc4c32)c2nnnn12. The van der Waals surface area contributed by atoms with E-state index in [0.717, 1.165) is 33.1 Å². The highest BCUT2D eigenvalue weighted by Gasteiger charge is 2.17. The van der Waals surface area contributed by atoms with Crippen molar-refractivity contribution in [3.05, 3.63) is 42.2 Å². The van der Waals surface area contributed by atoms with Gasteiger partial charge in [0.2, 0.25) is 11.2 Å². The predicted molar refractivity (Wildman–Crippen MR) is 78.1 cm³/mol. The van der Waals surface area contributed by atoms with Crippen molar-refractivity contribution in [2.45, 2.75) is 6.92 Å². The summed E-state index contributed by atoms with van der Waals surface area (Å²) < 4.78 is 7.55. The number of furan rings is 1. The smallest absolute Gasteiger partial charge is 0.226 e. The van der Waals surface area contributed by atoms with Crippen LogP contribution in [-0.2, 0) is 0 Å². The Kier molecular flexibility index (Phi) is 1.81. The lowest BCUT2D eigenvalue weighted by molar-refractivity contribution is 0.666. The Morgan fingerprint density at radius 1 is 1.10 bits per heavy atom. The zero-order valence-electron chi connectivity index (χ0n) is 11.1. The molecule has 3 heterocycles. The van der Waals surface area contributed by atoms with E-state index in [1.54, 1.807) is 4.52 Å². The van der Waals surface area contributed by atoms with Gasteiger partial charge in [-0.3, -0.25) is 0 Å². The Morgan fingerprint density at radius 2 is 2.00 bits per heavy atom. The van der Waals surface area contributed by atoms with Crippen molar-refractivity contribution in [1.82, 2.24) is 25.0 Å². The lowest BCUT2D eigenvalue weighted by Crippen LogP contribution is -1.97. The van der Waals surface area contributed by atoms with Gasteiger partial charge in [0.05, 0.1) is 5.39 Å². The van der Waals surface area contributed by atoms with Crippen LogP contribution in [0.3, 0.4) is 0 Å². The zero-order valence-corrected chi connectivity index (χ0v) is 11.1. The van der Waals surface area contributed by atoms with Crippen molar-refractivity contribution in [3.63, 3.8) is 0 Å². The molecule has 21 heavy (non-hydrogen) atoms. The third-order valence-electron chi connectivity index (χ3n) is 3.81. The summed E-state index contributed by atoms with van der Waals surface area (Å²) in [6.07, 6.45) is 0. The molecule has 0 unspecified atom stereocenters. The van der Waals surface area contributed by atoms with E-state index in [2.05, 4.69) is 32.6 Å². The van der Waals surface area contributed by atoms with E-state index in [0.29, 0.717) is 11.2 Å². The van der Waals surface area contributed by atoms with E-state index in [9.17, 15) is 0 Å². The maximum Gasteiger partial charge on any atom is 0.226 e. The van der Waals surface area contributed by atoms with E-state index < -0.39 is 0 Å². The van der Waals surface area contributed by atoms with Gasteiger partial charge in [-0.2, -0.15) is 4.52 Å². The second-order valence-electron chi connectivity index (χ2n) is 5.01. The van der Waals surface area contributed by atoms with Crippen LogP contribution in [0.5, 0.6) is 0 Å². The predicted octanol–water partition coefficient (Wildman–Crippen LogP) is 2.88. The number of nitrogens with zero attached hydrogens (tertiary/aromatic N) is 5. The molecule has 100 valence electrons. The highest BCUT2D eigenvalue weighted by molar-refractivity contribution is 6.18. The van der Waals surface area contributed by atoms with Crippen molar-refractivity contribution >= 4 is 38.5 Å². The van der Waals surface area contributed by atoms with E-state index in [1.165, 1.54) is 0 Å². The molecule has 5 rings (SSSR count). The van der Waals surface area contributed by atoms with Crippen LogP contribution >= 0.6 is 0 Å². The van der Waals surface area contributed by atoms with Gasteiger partial charge in [-0.15, -0.1) is 5.10 Å². The van der Waals surface area contributed by atoms with E-state index in [1.807, 2.05) is 31.2 Å². The minimum atomic E-state index is 0.595. The van der Waals surface area contributed by atoms with Gasteiger partial charge in [0, 0.05) is 0 Å². The lowest BCUT2D eigenvalue weighted by atomic mass is 10.1. The van der Waals surface area contributed by atoms with Crippen LogP contribution in [0, 0.1) is 6.92 Å². The molecule has 0 saturated heterocycles. The molecule has 0 aliphatic carbocycles. The Hall–Kier alpha value is -3.02. The molecule has 0 aliphatic rings. The first-order valence-electron chi connectivity index (χ1n) is 6.61. The number of benzene rings is 2. The molecular weight excluding hydrogens is 266 g/mol. The molecule has 0 amide bonds. The molecule has 0 saturated carbocycles. The van der Waals surface area contributed by atoms with Crippen LogP contribution in [0.15, 0.2) is 40.8 Å². The summed E-state index contributed by atoms with van der Waals surface area (Å²) in [6, 6.07) is 12.2. The topological polar surface area (TPSA) is 69.1 Å². The van der Waals surface area contributed by atoms with Gasteiger partial charge in [-0.25, -0.2) is 4.98 Å². The molecule has 5 aromatic rings. The Balaban J connectivity index is 2.15. The van der Waals surface area contributed by atoms with Crippen LogP contribution in [0.25, 0.3) is 38.5 Å². The Morgan fingerprint density at radius 3 is 2.95 bits per heavy atom. The summed E-state index contributed by atoms with van der Waals surface area (Å²) in [5.74, 6) is 0.734. The van der Waals surface area contributed by atoms with Crippen molar-refractivity contribution < 1.29 is 4.42 Å². The summed E-state index contributed by atoms with van der Waals surface area (Å²) in [4.78, 5) is 4.64. The maximum absolute atomic E-state index is 5.96. The Bertz CT molecular complexity index is 1150. The zero-order chi connectivity index (χ0) is 14.0. The number of aromatic nitrogens is 5. The fourth-order valence-corrected chi connectivity index (χ4v) is 2.87. The second kappa shape index (κ2) is 3.54. The van der Waals surface area contributed by atoms with Crippen LogP contribution in [0.4, 0.5) is 0 Å². The summed E-state index contributed by atoms with van der Waals surface area (Å²) in [5.41, 5.74) is 2.82. The molecule has 6 nitrogen and oxygen atoms in total. The van der Waals surface area contributed by atoms with Crippen molar-refractivity contribution in [2.24, 2.45) is 0 Å². The minimum absolute atomic E-state index is 0.595. The molecule has 2 aromatic carbocycles. The van der Waals surface area contributed by atoms with Crippen molar-refractivity contribution in [1.29, 1.82) is 0 Å². The van der Waals surface area contributed by atoms with Gasteiger partial charge in [-0.05, 0) is 34.2 Å². The summed E-state index contributed by atoms with van der Waals surface area (Å²) in [6.45, 7) is 1.88. The third-order valence-corrected chi connectivity index (χ3v) is 3.81. The average molecular weight is 275 g/mol. The number of hydrogen-bond donors (Lipinski definition) is 0.